The number of halogens is 1. The van der Waals surface area contributed by atoms with Crippen LogP contribution in [0.5, 0.6) is 5.75 Å². The monoisotopic (exact) mass is 348 g/mol. The Morgan fingerprint density at radius 2 is 2.19 bits per heavy atom. The highest BCUT2D eigenvalue weighted by Gasteiger charge is 2.16. The predicted molar refractivity (Wildman–Crippen MR) is 89.7 cm³/mol. The second-order valence-electron chi connectivity index (χ2n) is 4.96. The highest BCUT2D eigenvalue weighted by Crippen LogP contribution is 2.30. The van der Waals surface area contributed by atoms with Crippen LogP contribution in [0.3, 0.4) is 0 Å². The molecule has 1 atom stereocenters. The Morgan fingerprint density at radius 3 is 2.86 bits per heavy atom. The van der Waals surface area contributed by atoms with E-state index in [9.17, 15) is 0 Å². The van der Waals surface area contributed by atoms with E-state index in [1.807, 2.05) is 18.3 Å². The van der Waals surface area contributed by atoms with Crippen LogP contribution in [-0.4, -0.2) is 18.6 Å². The summed E-state index contributed by atoms with van der Waals surface area (Å²) < 4.78 is 6.57. The van der Waals surface area contributed by atoms with Crippen LogP contribution >= 0.6 is 15.9 Å². The summed E-state index contributed by atoms with van der Waals surface area (Å²) in [5.74, 6) is 0.905. The first kappa shape index (κ1) is 16.0. The molecule has 0 bridgehead atoms. The Kier molecular flexibility index (Phi) is 6.21. The van der Waals surface area contributed by atoms with E-state index in [0.717, 1.165) is 29.6 Å². The highest BCUT2D eigenvalue weighted by molar-refractivity contribution is 9.10. The SMILES string of the molecule is CCCNC(Cc1cccnc1)c1ccc(Br)cc1OC. The molecular formula is C17H21BrN2O. The van der Waals surface area contributed by atoms with Gasteiger partial charge in [-0.25, -0.2) is 0 Å². The molecule has 1 N–H and O–H groups in total. The van der Waals surface area contributed by atoms with Crippen LogP contribution in [0.15, 0.2) is 47.2 Å². The number of aromatic nitrogens is 1. The molecule has 1 unspecified atom stereocenters. The van der Waals surface area contributed by atoms with E-state index < -0.39 is 0 Å². The van der Waals surface area contributed by atoms with Gasteiger partial charge in [-0.1, -0.05) is 35.0 Å². The number of ether oxygens (including phenoxy) is 1. The molecule has 0 fully saturated rings. The van der Waals surface area contributed by atoms with Gasteiger partial charge in [0, 0.05) is 28.5 Å². The van der Waals surface area contributed by atoms with Crippen molar-refractivity contribution in [2.24, 2.45) is 0 Å². The van der Waals surface area contributed by atoms with Crippen LogP contribution in [0.25, 0.3) is 0 Å². The maximum Gasteiger partial charge on any atom is 0.124 e. The number of hydrogen-bond donors (Lipinski definition) is 1. The van der Waals surface area contributed by atoms with Crippen LogP contribution in [0.1, 0.15) is 30.5 Å². The normalized spacial score (nSPS) is 12.1. The van der Waals surface area contributed by atoms with Crippen molar-refractivity contribution in [3.05, 3.63) is 58.3 Å². The zero-order valence-corrected chi connectivity index (χ0v) is 14.1. The fourth-order valence-corrected chi connectivity index (χ4v) is 2.68. The van der Waals surface area contributed by atoms with Gasteiger partial charge < -0.3 is 10.1 Å². The van der Waals surface area contributed by atoms with Gasteiger partial charge in [0.25, 0.3) is 0 Å². The number of rotatable bonds is 7. The first-order chi connectivity index (χ1) is 10.2. The maximum absolute atomic E-state index is 5.54. The molecule has 4 heteroatoms. The molecule has 0 saturated heterocycles. The summed E-state index contributed by atoms with van der Waals surface area (Å²) in [5, 5.41) is 3.61. The summed E-state index contributed by atoms with van der Waals surface area (Å²) >= 11 is 3.50. The van der Waals surface area contributed by atoms with E-state index in [1.54, 1.807) is 13.3 Å². The molecular weight excluding hydrogens is 328 g/mol. The van der Waals surface area contributed by atoms with E-state index in [0.29, 0.717) is 0 Å². The van der Waals surface area contributed by atoms with Gasteiger partial charge in [0.05, 0.1) is 7.11 Å². The van der Waals surface area contributed by atoms with Gasteiger partial charge in [0.15, 0.2) is 0 Å². The minimum Gasteiger partial charge on any atom is -0.496 e. The molecule has 0 aliphatic rings. The van der Waals surface area contributed by atoms with Crippen LogP contribution < -0.4 is 10.1 Å². The summed E-state index contributed by atoms with van der Waals surface area (Å²) in [4.78, 5) is 4.20. The van der Waals surface area contributed by atoms with Gasteiger partial charge in [0.1, 0.15) is 5.75 Å². The molecule has 3 nitrogen and oxygen atoms in total. The average Bonchev–Trinajstić information content (AvgIpc) is 2.52. The molecule has 2 aromatic rings. The number of hydrogen-bond acceptors (Lipinski definition) is 3. The fourth-order valence-electron chi connectivity index (χ4n) is 2.34. The maximum atomic E-state index is 5.54. The smallest absolute Gasteiger partial charge is 0.124 e. The molecule has 0 amide bonds. The van der Waals surface area contributed by atoms with Crippen molar-refractivity contribution in [2.75, 3.05) is 13.7 Å². The molecule has 0 radical (unpaired) electrons. The first-order valence-electron chi connectivity index (χ1n) is 7.20. The summed E-state index contributed by atoms with van der Waals surface area (Å²) in [6, 6.07) is 10.5. The van der Waals surface area contributed by atoms with Crippen molar-refractivity contribution in [3.63, 3.8) is 0 Å². The van der Waals surface area contributed by atoms with E-state index >= 15 is 0 Å². The Balaban J connectivity index is 2.27. The van der Waals surface area contributed by atoms with Crippen LogP contribution in [-0.2, 0) is 6.42 Å². The molecule has 0 aliphatic heterocycles. The molecule has 2 rings (SSSR count). The third kappa shape index (κ3) is 4.55. The molecule has 0 spiro atoms. The van der Waals surface area contributed by atoms with Crippen molar-refractivity contribution < 1.29 is 4.74 Å². The minimum atomic E-state index is 0.220. The minimum absolute atomic E-state index is 0.220. The number of methoxy groups -OCH3 is 1. The Hall–Kier alpha value is -1.39. The molecule has 0 aliphatic carbocycles. The van der Waals surface area contributed by atoms with Gasteiger partial charge in [-0.2, -0.15) is 0 Å². The highest BCUT2D eigenvalue weighted by atomic mass is 79.9. The van der Waals surface area contributed by atoms with Gasteiger partial charge in [-0.3, -0.25) is 4.98 Å². The fraction of sp³-hybridized carbons (Fsp3) is 0.353. The third-order valence-electron chi connectivity index (χ3n) is 3.37. The summed E-state index contributed by atoms with van der Waals surface area (Å²) in [5.41, 5.74) is 2.40. The first-order valence-corrected chi connectivity index (χ1v) is 7.99. The molecule has 0 saturated carbocycles. The lowest BCUT2D eigenvalue weighted by molar-refractivity contribution is 0.398. The van der Waals surface area contributed by atoms with Crippen molar-refractivity contribution in [3.8, 4) is 5.75 Å². The van der Waals surface area contributed by atoms with E-state index in [4.69, 9.17) is 4.74 Å². The molecule has 21 heavy (non-hydrogen) atoms. The Bertz CT molecular complexity index is 560. The van der Waals surface area contributed by atoms with Gasteiger partial charge in [0.2, 0.25) is 0 Å². The molecule has 1 aromatic heterocycles. The number of nitrogens with zero attached hydrogens (tertiary/aromatic N) is 1. The lowest BCUT2D eigenvalue weighted by Crippen LogP contribution is -2.24. The van der Waals surface area contributed by atoms with Crippen LogP contribution in [0, 0.1) is 0 Å². The quantitative estimate of drug-likeness (QED) is 0.816. The van der Waals surface area contributed by atoms with Gasteiger partial charge in [-0.05, 0) is 43.1 Å². The zero-order chi connectivity index (χ0) is 15.1. The Labute approximate surface area is 134 Å². The number of nitrogens with one attached hydrogen (secondary N) is 1. The van der Waals surface area contributed by atoms with Crippen LogP contribution in [0.2, 0.25) is 0 Å². The molecule has 1 heterocycles. The summed E-state index contributed by atoms with van der Waals surface area (Å²) in [7, 11) is 1.71. The second kappa shape index (κ2) is 8.15. The van der Waals surface area contributed by atoms with Gasteiger partial charge in [-0.15, -0.1) is 0 Å². The largest absolute Gasteiger partial charge is 0.496 e. The third-order valence-corrected chi connectivity index (χ3v) is 3.87. The van der Waals surface area contributed by atoms with E-state index in [1.165, 1.54) is 11.1 Å². The predicted octanol–water partition coefficient (Wildman–Crippen LogP) is 4.14. The summed E-state index contributed by atoms with van der Waals surface area (Å²) in [6.45, 7) is 3.15. The van der Waals surface area contributed by atoms with E-state index in [2.05, 4.69) is 51.4 Å². The van der Waals surface area contributed by atoms with Crippen molar-refractivity contribution >= 4 is 15.9 Å². The standard InChI is InChI=1S/C17H21BrN2O/c1-3-8-20-16(10-13-5-4-9-19-12-13)15-7-6-14(18)11-17(15)21-2/h4-7,9,11-12,16,20H,3,8,10H2,1-2H3. The molecule has 112 valence electrons. The average molecular weight is 349 g/mol. The zero-order valence-electron chi connectivity index (χ0n) is 12.5. The van der Waals surface area contributed by atoms with Crippen molar-refractivity contribution in [2.45, 2.75) is 25.8 Å². The second-order valence-corrected chi connectivity index (χ2v) is 5.87. The summed E-state index contributed by atoms with van der Waals surface area (Å²) in [6.07, 6.45) is 5.72. The van der Waals surface area contributed by atoms with E-state index in [-0.39, 0.29) is 6.04 Å². The molecule has 1 aromatic carbocycles. The lowest BCUT2D eigenvalue weighted by atomic mass is 9.98. The van der Waals surface area contributed by atoms with Gasteiger partial charge >= 0.3 is 0 Å². The van der Waals surface area contributed by atoms with Crippen molar-refractivity contribution in [1.29, 1.82) is 0 Å². The lowest BCUT2D eigenvalue weighted by Gasteiger charge is -2.21. The van der Waals surface area contributed by atoms with Crippen molar-refractivity contribution in [1.82, 2.24) is 10.3 Å². The Morgan fingerprint density at radius 1 is 1.33 bits per heavy atom. The number of benzene rings is 1. The topological polar surface area (TPSA) is 34.2 Å². The van der Waals surface area contributed by atoms with Crippen LogP contribution in [0.4, 0.5) is 0 Å². The number of pyridine rings is 1.